The van der Waals surface area contributed by atoms with E-state index >= 15 is 0 Å². The van der Waals surface area contributed by atoms with Crippen LogP contribution in [-0.4, -0.2) is 16.7 Å². The Balaban J connectivity index is 1.97. The number of nitrogens with zero attached hydrogens (tertiary/aromatic N) is 1. The van der Waals surface area contributed by atoms with Gasteiger partial charge in [0.05, 0.1) is 13.2 Å². The maximum absolute atomic E-state index is 9.34. The van der Waals surface area contributed by atoms with Crippen molar-refractivity contribution in [1.82, 2.24) is 4.98 Å². The molecule has 17 heavy (non-hydrogen) atoms. The summed E-state index contributed by atoms with van der Waals surface area (Å²) >= 11 is 0. The van der Waals surface area contributed by atoms with Crippen LogP contribution in [0.25, 0.3) is 0 Å². The molecule has 0 atom stereocenters. The fourth-order valence-corrected chi connectivity index (χ4v) is 2.24. The number of rotatable bonds is 5. The van der Waals surface area contributed by atoms with Crippen LogP contribution in [0.1, 0.15) is 42.5 Å². The third kappa shape index (κ3) is 2.97. The number of hydrogen-bond donors (Lipinski definition) is 1. The normalized spacial score (nSPS) is 15.7. The zero-order valence-electron chi connectivity index (χ0n) is 10.7. The fourth-order valence-electron chi connectivity index (χ4n) is 2.24. The van der Waals surface area contributed by atoms with Crippen molar-refractivity contribution in [2.24, 2.45) is 5.92 Å². The second kappa shape index (κ2) is 5.50. The number of aliphatic hydroxyl groups is 1. The average Bonchev–Trinajstić information content (AvgIpc) is 2.21. The van der Waals surface area contributed by atoms with Crippen LogP contribution < -0.4 is 4.74 Å². The van der Waals surface area contributed by atoms with E-state index in [1.807, 2.05) is 19.9 Å². The van der Waals surface area contributed by atoms with Crippen molar-refractivity contribution < 1.29 is 9.84 Å². The van der Waals surface area contributed by atoms with Crippen molar-refractivity contribution in [1.29, 1.82) is 0 Å². The van der Waals surface area contributed by atoms with Crippen LogP contribution >= 0.6 is 0 Å². The van der Waals surface area contributed by atoms with Crippen molar-refractivity contribution >= 4 is 0 Å². The summed E-state index contributed by atoms with van der Waals surface area (Å²) in [5.41, 5.74) is 2.82. The van der Waals surface area contributed by atoms with E-state index in [0.717, 1.165) is 29.2 Å². The summed E-state index contributed by atoms with van der Waals surface area (Å²) in [7, 11) is 0. The molecule has 1 heterocycles. The number of aromatic nitrogens is 1. The number of ether oxygens (including phenoxy) is 1. The first-order valence-electron chi connectivity index (χ1n) is 6.41. The zero-order chi connectivity index (χ0) is 12.3. The van der Waals surface area contributed by atoms with Gasteiger partial charge < -0.3 is 9.84 Å². The zero-order valence-corrected chi connectivity index (χ0v) is 10.7. The smallest absolute Gasteiger partial charge is 0.219 e. The molecule has 0 radical (unpaired) electrons. The molecule has 1 N–H and O–H groups in total. The summed E-state index contributed by atoms with van der Waals surface area (Å²) in [6.45, 7) is 4.65. The Morgan fingerprint density at radius 1 is 1.41 bits per heavy atom. The second-order valence-electron chi connectivity index (χ2n) is 4.96. The van der Waals surface area contributed by atoms with Gasteiger partial charge in [-0.2, -0.15) is 0 Å². The minimum absolute atomic E-state index is 0.00211. The molecule has 1 saturated carbocycles. The van der Waals surface area contributed by atoms with Gasteiger partial charge in [-0.15, -0.1) is 0 Å². The third-order valence-electron chi connectivity index (χ3n) is 3.59. The number of hydrogen-bond acceptors (Lipinski definition) is 3. The Kier molecular flexibility index (Phi) is 4.00. The molecule has 0 aromatic carbocycles. The minimum atomic E-state index is -0.00211. The van der Waals surface area contributed by atoms with Crippen LogP contribution in [0.3, 0.4) is 0 Å². The van der Waals surface area contributed by atoms with Gasteiger partial charge in [0.2, 0.25) is 5.88 Å². The van der Waals surface area contributed by atoms with Gasteiger partial charge in [0, 0.05) is 11.3 Å². The van der Waals surface area contributed by atoms with E-state index < -0.39 is 0 Å². The van der Waals surface area contributed by atoms with Crippen molar-refractivity contribution in [3.05, 3.63) is 22.9 Å². The van der Waals surface area contributed by atoms with E-state index in [1.54, 1.807) is 0 Å². The molecule has 0 spiro atoms. The highest BCUT2D eigenvalue weighted by Crippen LogP contribution is 2.29. The predicted octanol–water partition coefficient (Wildman–Crippen LogP) is 2.76. The molecule has 0 saturated heterocycles. The lowest BCUT2D eigenvalue weighted by Gasteiger charge is -2.25. The molecular formula is C14H21NO2. The Morgan fingerprint density at radius 2 is 2.18 bits per heavy atom. The summed E-state index contributed by atoms with van der Waals surface area (Å²) in [6, 6.07) is 1.98. The maximum atomic E-state index is 9.34. The standard InChI is InChI=1S/C14H21NO2/c1-10-8-11(2)15-14(13(10)9-16)17-7-6-12-4-3-5-12/h8,12,16H,3-7,9H2,1-2H3. The Labute approximate surface area is 103 Å². The molecule has 1 aliphatic carbocycles. The molecular weight excluding hydrogens is 214 g/mol. The molecule has 3 nitrogen and oxygen atoms in total. The monoisotopic (exact) mass is 235 g/mol. The van der Waals surface area contributed by atoms with Crippen molar-refractivity contribution in [3.63, 3.8) is 0 Å². The molecule has 0 bridgehead atoms. The van der Waals surface area contributed by atoms with E-state index in [0.29, 0.717) is 12.5 Å². The summed E-state index contributed by atoms with van der Waals surface area (Å²) in [5.74, 6) is 1.46. The summed E-state index contributed by atoms with van der Waals surface area (Å²) in [5, 5.41) is 9.34. The molecule has 2 rings (SSSR count). The van der Waals surface area contributed by atoms with Gasteiger partial charge >= 0.3 is 0 Å². The van der Waals surface area contributed by atoms with Crippen LogP contribution in [0, 0.1) is 19.8 Å². The quantitative estimate of drug-likeness (QED) is 0.853. The van der Waals surface area contributed by atoms with Crippen LogP contribution in [0.5, 0.6) is 5.88 Å². The van der Waals surface area contributed by atoms with Crippen molar-refractivity contribution in [2.45, 2.75) is 46.1 Å². The van der Waals surface area contributed by atoms with E-state index in [9.17, 15) is 5.11 Å². The largest absolute Gasteiger partial charge is 0.477 e. The highest BCUT2D eigenvalue weighted by molar-refractivity contribution is 5.35. The van der Waals surface area contributed by atoms with Crippen LogP contribution in [-0.2, 0) is 6.61 Å². The number of pyridine rings is 1. The Hall–Kier alpha value is -1.09. The molecule has 3 heteroatoms. The first kappa shape index (κ1) is 12.4. The van der Waals surface area contributed by atoms with E-state index in [2.05, 4.69) is 4.98 Å². The first-order valence-corrected chi connectivity index (χ1v) is 6.41. The maximum Gasteiger partial charge on any atom is 0.219 e. The van der Waals surface area contributed by atoms with Crippen molar-refractivity contribution in [2.75, 3.05) is 6.61 Å². The van der Waals surface area contributed by atoms with Gasteiger partial charge in [0.1, 0.15) is 0 Å². The van der Waals surface area contributed by atoms with Crippen LogP contribution in [0.4, 0.5) is 0 Å². The highest BCUT2D eigenvalue weighted by Gasteiger charge is 2.17. The van der Waals surface area contributed by atoms with Crippen molar-refractivity contribution in [3.8, 4) is 5.88 Å². The minimum Gasteiger partial charge on any atom is -0.477 e. The summed E-state index contributed by atoms with van der Waals surface area (Å²) < 4.78 is 5.72. The Morgan fingerprint density at radius 3 is 2.76 bits per heavy atom. The molecule has 94 valence electrons. The summed E-state index contributed by atoms with van der Waals surface area (Å²) in [6.07, 6.45) is 5.17. The third-order valence-corrected chi connectivity index (χ3v) is 3.59. The Bertz CT molecular complexity index is 386. The van der Waals surface area contributed by atoms with E-state index in [-0.39, 0.29) is 6.61 Å². The highest BCUT2D eigenvalue weighted by atomic mass is 16.5. The van der Waals surface area contributed by atoms with E-state index in [1.165, 1.54) is 19.3 Å². The van der Waals surface area contributed by atoms with Gasteiger partial charge in [0.15, 0.2) is 0 Å². The van der Waals surface area contributed by atoms with Gasteiger partial charge in [-0.25, -0.2) is 4.98 Å². The molecule has 0 unspecified atom stereocenters. The first-order chi connectivity index (χ1) is 8.20. The molecule has 0 amide bonds. The molecule has 0 aliphatic heterocycles. The number of aryl methyl sites for hydroxylation is 2. The number of aliphatic hydroxyl groups excluding tert-OH is 1. The van der Waals surface area contributed by atoms with E-state index in [4.69, 9.17) is 4.74 Å². The predicted molar refractivity (Wildman–Crippen MR) is 67.1 cm³/mol. The molecule has 1 aromatic rings. The lowest BCUT2D eigenvalue weighted by molar-refractivity contribution is 0.209. The second-order valence-corrected chi connectivity index (χ2v) is 4.96. The SMILES string of the molecule is Cc1cc(C)c(CO)c(OCCC2CCC2)n1. The molecule has 1 aromatic heterocycles. The van der Waals surface area contributed by atoms with Gasteiger partial charge in [-0.1, -0.05) is 19.3 Å². The topological polar surface area (TPSA) is 42.4 Å². The van der Waals surface area contributed by atoms with Gasteiger partial charge in [-0.05, 0) is 37.8 Å². The fraction of sp³-hybridized carbons (Fsp3) is 0.643. The van der Waals surface area contributed by atoms with Crippen LogP contribution in [0.15, 0.2) is 6.07 Å². The molecule has 1 fully saturated rings. The lowest BCUT2D eigenvalue weighted by atomic mass is 9.83. The van der Waals surface area contributed by atoms with Gasteiger partial charge in [0.25, 0.3) is 0 Å². The van der Waals surface area contributed by atoms with Crippen LogP contribution in [0.2, 0.25) is 0 Å². The summed E-state index contributed by atoms with van der Waals surface area (Å²) in [4.78, 5) is 4.36. The molecule has 1 aliphatic rings. The lowest BCUT2D eigenvalue weighted by Crippen LogP contribution is -2.15. The van der Waals surface area contributed by atoms with Gasteiger partial charge in [-0.3, -0.25) is 0 Å². The average molecular weight is 235 g/mol.